The van der Waals surface area contributed by atoms with Gasteiger partial charge in [-0.25, -0.2) is 0 Å². The Bertz CT molecular complexity index is 229. The van der Waals surface area contributed by atoms with Crippen LogP contribution in [0.2, 0.25) is 0 Å². The number of hydrogen-bond donors (Lipinski definition) is 1. The van der Waals surface area contributed by atoms with Gasteiger partial charge in [0.25, 0.3) is 0 Å². The molecule has 15 heavy (non-hydrogen) atoms. The van der Waals surface area contributed by atoms with Gasteiger partial charge in [0, 0.05) is 25.7 Å². The van der Waals surface area contributed by atoms with Gasteiger partial charge >= 0.3 is 5.97 Å². The minimum atomic E-state index is -0.138. The molecule has 1 saturated heterocycles. The Balaban J connectivity index is 2.51. The van der Waals surface area contributed by atoms with Crippen LogP contribution in [0.4, 0.5) is 0 Å². The molecule has 1 rings (SSSR count). The zero-order valence-corrected chi connectivity index (χ0v) is 10.2. The molecule has 4 heteroatoms. The number of methoxy groups -OCH3 is 1. The van der Waals surface area contributed by atoms with Gasteiger partial charge in [0.2, 0.25) is 0 Å². The predicted molar refractivity (Wildman–Crippen MR) is 59.7 cm³/mol. The maximum Gasteiger partial charge on any atom is 0.307 e. The maximum atomic E-state index is 11.2. The Kier molecular flexibility index (Phi) is 4.11. The molecule has 1 aliphatic rings. The van der Waals surface area contributed by atoms with Crippen LogP contribution in [0.25, 0.3) is 0 Å². The van der Waals surface area contributed by atoms with Crippen LogP contribution >= 0.6 is 0 Å². The molecule has 1 fully saturated rings. The highest BCUT2D eigenvalue weighted by Crippen LogP contribution is 2.18. The van der Waals surface area contributed by atoms with Crippen molar-refractivity contribution in [1.29, 1.82) is 0 Å². The molecule has 1 heterocycles. The minimum Gasteiger partial charge on any atom is -0.469 e. The van der Waals surface area contributed by atoms with Crippen LogP contribution in [0.15, 0.2) is 0 Å². The second-order valence-electron chi connectivity index (χ2n) is 5.22. The highest BCUT2D eigenvalue weighted by molar-refractivity contribution is 5.69. The number of carbonyl (C=O) groups is 1. The molecule has 0 radical (unpaired) electrons. The van der Waals surface area contributed by atoms with E-state index in [1.54, 1.807) is 0 Å². The quantitative estimate of drug-likeness (QED) is 0.679. The van der Waals surface area contributed by atoms with E-state index in [2.05, 4.69) is 35.8 Å². The third-order valence-electron chi connectivity index (χ3n) is 2.74. The molecule has 0 bridgehead atoms. The molecule has 0 amide bonds. The molecule has 0 aromatic heterocycles. The van der Waals surface area contributed by atoms with Gasteiger partial charge < -0.3 is 15.0 Å². The van der Waals surface area contributed by atoms with E-state index in [-0.39, 0.29) is 17.4 Å². The van der Waals surface area contributed by atoms with Crippen molar-refractivity contribution in [3.8, 4) is 0 Å². The highest BCUT2D eigenvalue weighted by Gasteiger charge is 2.27. The second kappa shape index (κ2) is 4.94. The van der Waals surface area contributed by atoms with Gasteiger partial charge in [-0.2, -0.15) is 0 Å². The zero-order valence-electron chi connectivity index (χ0n) is 10.2. The smallest absolute Gasteiger partial charge is 0.307 e. The third-order valence-corrected chi connectivity index (χ3v) is 2.74. The summed E-state index contributed by atoms with van der Waals surface area (Å²) in [5.74, 6) is -0.138. The predicted octanol–water partition coefficient (Wildman–Crippen LogP) is 0.479. The molecule has 4 nitrogen and oxygen atoms in total. The summed E-state index contributed by atoms with van der Waals surface area (Å²) in [5, 5.41) is 3.42. The van der Waals surface area contributed by atoms with Gasteiger partial charge in [0.15, 0.2) is 0 Å². The van der Waals surface area contributed by atoms with E-state index in [4.69, 9.17) is 0 Å². The molecule has 1 atom stereocenters. The van der Waals surface area contributed by atoms with Gasteiger partial charge in [-0.05, 0) is 12.5 Å². The summed E-state index contributed by atoms with van der Waals surface area (Å²) in [7, 11) is 3.53. The van der Waals surface area contributed by atoms with Crippen molar-refractivity contribution in [3.05, 3.63) is 0 Å². The van der Waals surface area contributed by atoms with Crippen LogP contribution in [0.5, 0.6) is 0 Å². The van der Waals surface area contributed by atoms with Gasteiger partial charge in [0.1, 0.15) is 0 Å². The van der Waals surface area contributed by atoms with Crippen molar-refractivity contribution in [2.45, 2.75) is 26.3 Å². The van der Waals surface area contributed by atoms with Gasteiger partial charge in [-0.3, -0.25) is 4.79 Å². The average Bonchev–Trinajstić information content (AvgIpc) is 2.24. The van der Waals surface area contributed by atoms with Gasteiger partial charge in [-0.1, -0.05) is 13.8 Å². The van der Waals surface area contributed by atoms with E-state index in [0.29, 0.717) is 6.42 Å². The van der Waals surface area contributed by atoms with Crippen molar-refractivity contribution < 1.29 is 9.53 Å². The summed E-state index contributed by atoms with van der Waals surface area (Å²) < 4.78 is 4.68. The fraction of sp³-hybridized carbons (Fsp3) is 0.909. The number of carbonyl (C=O) groups excluding carboxylic acids is 1. The Morgan fingerprint density at radius 2 is 2.27 bits per heavy atom. The standard InChI is InChI=1S/C11H22N2O2/c1-11(2)7-12-9(5-10(14)15-4)6-13(3)8-11/h9,12H,5-8H2,1-4H3. The van der Waals surface area contributed by atoms with Crippen LogP contribution < -0.4 is 5.32 Å². The summed E-state index contributed by atoms with van der Waals surface area (Å²) in [6.07, 6.45) is 0.455. The van der Waals surface area contributed by atoms with E-state index >= 15 is 0 Å². The van der Waals surface area contributed by atoms with E-state index in [1.165, 1.54) is 7.11 Å². The number of nitrogens with zero attached hydrogens (tertiary/aromatic N) is 1. The summed E-state index contributed by atoms with van der Waals surface area (Å²) in [5.41, 5.74) is 0.264. The lowest BCUT2D eigenvalue weighted by Gasteiger charge is -2.25. The molecule has 1 N–H and O–H groups in total. The van der Waals surface area contributed by atoms with Crippen LogP contribution in [-0.2, 0) is 9.53 Å². The van der Waals surface area contributed by atoms with Crippen molar-refractivity contribution in [2.24, 2.45) is 5.41 Å². The Hall–Kier alpha value is -0.610. The number of ether oxygens (including phenoxy) is 1. The SMILES string of the molecule is COC(=O)CC1CN(C)CC(C)(C)CN1. The number of nitrogens with one attached hydrogen (secondary N) is 1. The Labute approximate surface area is 92.0 Å². The highest BCUT2D eigenvalue weighted by atomic mass is 16.5. The molecule has 0 aliphatic carbocycles. The third kappa shape index (κ3) is 4.18. The van der Waals surface area contributed by atoms with Crippen LogP contribution in [-0.4, -0.2) is 50.7 Å². The lowest BCUT2D eigenvalue weighted by atomic mass is 9.93. The van der Waals surface area contributed by atoms with E-state index in [9.17, 15) is 4.79 Å². The molecule has 88 valence electrons. The van der Waals surface area contributed by atoms with Gasteiger partial charge in [0.05, 0.1) is 13.5 Å². The Morgan fingerprint density at radius 1 is 1.60 bits per heavy atom. The number of hydrogen-bond acceptors (Lipinski definition) is 4. The van der Waals surface area contributed by atoms with Crippen molar-refractivity contribution >= 4 is 5.97 Å². The maximum absolute atomic E-state index is 11.2. The van der Waals surface area contributed by atoms with Crippen LogP contribution in [0.3, 0.4) is 0 Å². The minimum absolute atomic E-state index is 0.138. The fourth-order valence-electron chi connectivity index (χ4n) is 2.13. The topological polar surface area (TPSA) is 41.6 Å². The molecular weight excluding hydrogens is 192 g/mol. The van der Waals surface area contributed by atoms with E-state index in [1.807, 2.05) is 0 Å². The first-order valence-corrected chi connectivity index (χ1v) is 5.42. The molecule has 0 aromatic rings. The van der Waals surface area contributed by atoms with Crippen molar-refractivity contribution in [3.63, 3.8) is 0 Å². The molecule has 0 spiro atoms. The lowest BCUT2D eigenvalue weighted by Crippen LogP contribution is -2.38. The summed E-state index contributed by atoms with van der Waals surface area (Å²) in [6.45, 7) is 7.36. The van der Waals surface area contributed by atoms with Crippen molar-refractivity contribution in [1.82, 2.24) is 10.2 Å². The second-order valence-corrected chi connectivity index (χ2v) is 5.22. The largest absolute Gasteiger partial charge is 0.469 e. The molecule has 1 unspecified atom stereocenters. The first kappa shape index (κ1) is 12.5. The molecule has 1 aliphatic heterocycles. The average molecular weight is 214 g/mol. The number of esters is 1. The number of rotatable bonds is 2. The van der Waals surface area contributed by atoms with Crippen LogP contribution in [0.1, 0.15) is 20.3 Å². The van der Waals surface area contributed by atoms with Crippen LogP contribution in [0, 0.1) is 5.41 Å². The molecule has 0 aromatic carbocycles. The Morgan fingerprint density at radius 3 is 2.87 bits per heavy atom. The fourth-order valence-corrected chi connectivity index (χ4v) is 2.13. The molecule has 0 saturated carbocycles. The normalized spacial score (nSPS) is 27.1. The van der Waals surface area contributed by atoms with Crippen molar-refractivity contribution in [2.75, 3.05) is 33.8 Å². The van der Waals surface area contributed by atoms with E-state index < -0.39 is 0 Å². The number of likely N-dealkylation sites (N-methyl/N-ethyl adjacent to an activating group) is 1. The molecular formula is C11H22N2O2. The summed E-state index contributed by atoms with van der Waals surface area (Å²) in [6, 6.07) is 0.212. The zero-order chi connectivity index (χ0) is 11.5. The first-order chi connectivity index (χ1) is 6.93. The summed E-state index contributed by atoms with van der Waals surface area (Å²) >= 11 is 0. The van der Waals surface area contributed by atoms with E-state index in [0.717, 1.165) is 19.6 Å². The first-order valence-electron chi connectivity index (χ1n) is 5.42. The lowest BCUT2D eigenvalue weighted by molar-refractivity contribution is -0.141. The summed E-state index contributed by atoms with van der Waals surface area (Å²) in [4.78, 5) is 13.5. The van der Waals surface area contributed by atoms with Gasteiger partial charge in [-0.15, -0.1) is 0 Å². The monoisotopic (exact) mass is 214 g/mol.